The second-order valence-electron chi connectivity index (χ2n) is 8.46. The van der Waals surface area contributed by atoms with Crippen LogP contribution in [0.15, 0.2) is 41.3 Å². The molecule has 0 bridgehead atoms. The normalized spacial score (nSPS) is 15.3. The molecule has 6 heteroatoms. The Kier molecular flexibility index (Phi) is 6.16. The topological polar surface area (TPSA) is 74.1 Å². The van der Waals surface area contributed by atoms with Crippen LogP contribution in [0.4, 0.5) is 0 Å². The molecule has 6 nitrogen and oxygen atoms in total. The molecule has 1 saturated carbocycles. The van der Waals surface area contributed by atoms with E-state index in [0.717, 1.165) is 73.1 Å². The average Bonchev–Trinajstić information content (AvgIpc) is 3.25. The summed E-state index contributed by atoms with van der Waals surface area (Å²) in [7, 11) is 0. The number of unbranched alkanes of at least 4 members (excludes halogenated alkanes) is 1. The van der Waals surface area contributed by atoms with Crippen LogP contribution in [0.2, 0.25) is 0 Å². The summed E-state index contributed by atoms with van der Waals surface area (Å²) in [4.78, 5) is 33.9. The molecule has 1 aromatic carbocycles. The van der Waals surface area contributed by atoms with Gasteiger partial charge in [-0.25, -0.2) is 4.98 Å². The Balaban J connectivity index is 1.70. The van der Waals surface area contributed by atoms with Gasteiger partial charge >= 0.3 is 0 Å². The van der Waals surface area contributed by atoms with Crippen LogP contribution in [0.25, 0.3) is 10.9 Å². The van der Waals surface area contributed by atoms with Crippen molar-refractivity contribution in [3.8, 4) is 0 Å². The molecule has 0 amide bonds. The zero-order valence-corrected chi connectivity index (χ0v) is 18.3. The quantitative estimate of drug-likeness (QED) is 0.505. The Hall–Kier alpha value is -3.02. The lowest BCUT2D eigenvalue weighted by Crippen LogP contribution is -2.28. The molecule has 0 unspecified atom stereocenters. The highest BCUT2D eigenvalue weighted by Crippen LogP contribution is 2.40. The molecule has 0 atom stereocenters. The van der Waals surface area contributed by atoms with E-state index in [-0.39, 0.29) is 5.56 Å². The Bertz CT molecular complexity index is 1130. The van der Waals surface area contributed by atoms with Gasteiger partial charge in [0.2, 0.25) is 0 Å². The molecule has 2 aromatic heterocycles. The Morgan fingerprint density at radius 3 is 2.68 bits per heavy atom. The first kappa shape index (κ1) is 21.2. The van der Waals surface area contributed by atoms with Crippen molar-refractivity contribution in [1.82, 2.24) is 14.5 Å². The third-order valence-corrected chi connectivity index (χ3v) is 6.34. The van der Waals surface area contributed by atoms with E-state index < -0.39 is 5.60 Å². The summed E-state index contributed by atoms with van der Waals surface area (Å²) in [5.74, 6) is 0.811. The standard InChI is InChI=1S/C25H29N3O3/c1-3-4-10-22-27-20-9-7-8-18(2)23(20)24(30)28(22)16-19-11-12-21(26-15-19)25(31-17-29)13-5-6-14-25/h7-9,11-12,15,17H,3-6,10,13-14,16H2,1-2H3. The van der Waals surface area contributed by atoms with Crippen molar-refractivity contribution in [2.45, 2.75) is 70.9 Å². The van der Waals surface area contributed by atoms with E-state index >= 15 is 0 Å². The van der Waals surface area contributed by atoms with E-state index in [1.165, 1.54) is 0 Å². The summed E-state index contributed by atoms with van der Waals surface area (Å²) >= 11 is 0. The van der Waals surface area contributed by atoms with Crippen LogP contribution in [0, 0.1) is 6.92 Å². The van der Waals surface area contributed by atoms with E-state index in [9.17, 15) is 9.59 Å². The number of benzene rings is 1. The fraction of sp³-hybridized carbons (Fsp3) is 0.440. The molecule has 0 radical (unpaired) electrons. The van der Waals surface area contributed by atoms with Crippen molar-refractivity contribution >= 4 is 17.4 Å². The Labute approximate surface area is 182 Å². The molecule has 0 saturated heterocycles. The number of hydrogen-bond donors (Lipinski definition) is 0. The van der Waals surface area contributed by atoms with Gasteiger partial charge in [-0.3, -0.25) is 19.1 Å². The minimum Gasteiger partial charge on any atom is -0.455 e. The highest BCUT2D eigenvalue weighted by atomic mass is 16.5. The van der Waals surface area contributed by atoms with Crippen LogP contribution in [0.3, 0.4) is 0 Å². The van der Waals surface area contributed by atoms with Gasteiger partial charge in [-0.05, 0) is 62.3 Å². The van der Waals surface area contributed by atoms with Crippen molar-refractivity contribution < 1.29 is 9.53 Å². The van der Waals surface area contributed by atoms with E-state index in [4.69, 9.17) is 9.72 Å². The molecule has 162 valence electrons. The van der Waals surface area contributed by atoms with Gasteiger partial charge < -0.3 is 4.74 Å². The van der Waals surface area contributed by atoms with Gasteiger partial charge in [0.15, 0.2) is 5.60 Å². The third-order valence-electron chi connectivity index (χ3n) is 6.34. The van der Waals surface area contributed by atoms with Crippen molar-refractivity contribution in [1.29, 1.82) is 0 Å². The van der Waals surface area contributed by atoms with Gasteiger partial charge in [-0.1, -0.05) is 31.5 Å². The molecular formula is C25H29N3O3. The average molecular weight is 420 g/mol. The summed E-state index contributed by atoms with van der Waals surface area (Å²) in [6, 6.07) is 9.72. The number of carbonyl (C=O) groups is 1. The fourth-order valence-corrected chi connectivity index (χ4v) is 4.61. The summed E-state index contributed by atoms with van der Waals surface area (Å²) in [6.07, 6.45) is 8.21. The Morgan fingerprint density at radius 1 is 1.19 bits per heavy atom. The zero-order chi connectivity index (χ0) is 21.8. The van der Waals surface area contributed by atoms with Gasteiger partial charge in [-0.2, -0.15) is 0 Å². The summed E-state index contributed by atoms with van der Waals surface area (Å²) in [6.45, 7) is 5.04. The molecule has 31 heavy (non-hydrogen) atoms. The number of nitrogens with zero attached hydrogens (tertiary/aromatic N) is 3. The molecule has 1 aliphatic rings. The lowest BCUT2D eigenvalue weighted by Gasteiger charge is -2.26. The molecule has 2 heterocycles. The minimum absolute atomic E-state index is 0.00479. The third kappa shape index (κ3) is 4.11. The van der Waals surface area contributed by atoms with Crippen molar-refractivity contribution in [3.63, 3.8) is 0 Å². The highest BCUT2D eigenvalue weighted by molar-refractivity contribution is 5.81. The maximum absolute atomic E-state index is 13.4. The molecule has 0 N–H and O–H groups in total. The fourth-order valence-electron chi connectivity index (χ4n) is 4.61. The largest absolute Gasteiger partial charge is 0.455 e. The smallest absolute Gasteiger partial charge is 0.294 e. The van der Waals surface area contributed by atoms with Crippen molar-refractivity contribution in [2.75, 3.05) is 0 Å². The number of aryl methyl sites for hydroxylation is 2. The number of ether oxygens (including phenoxy) is 1. The monoisotopic (exact) mass is 419 g/mol. The maximum Gasteiger partial charge on any atom is 0.294 e. The summed E-state index contributed by atoms with van der Waals surface area (Å²) in [5.41, 5.74) is 2.80. The number of rotatable bonds is 8. The lowest BCUT2D eigenvalue weighted by molar-refractivity contribution is -0.144. The van der Waals surface area contributed by atoms with E-state index in [1.54, 1.807) is 10.8 Å². The van der Waals surface area contributed by atoms with Crippen molar-refractivity contribution in [3.05, 3.63) is 69.5 Å². The molecule has 0 aliphatic heterocycles. The maximum atomic E-state index is 13.4. The summed E-state index contributed by atoms with van der Waals surface area (Å²) in [5, 5.41) is 0.677. The predicted molar refractivity (Wildman–Crippen MR) is 120 cm³/mol. The minimum atomic E-state index is -0.606. The molecule has 3 aromatic rings. The first-order valence-corrected chi connectivity index (χ1v) is 11.1. The Morgan fingerprint density at radius 2 is 2.00 bits per heavy atom. The van der Waals surface area contributed by atoms with Crippen molar-refractivity contribution in [2.24, 2.45) is 0 Å². The van der Waals surface area contributed by atoms with Crippen LogP contribution in [-0.2, 0) is 28.1 Å². The van der Waals surface area contributed by atoms with Gasteiger partial charge in [0.05, 0.1) is 23.1 Å². The van der Waals surface area contributed by atoms with Crippen LogP contribution < -0.4 is 5.56 Å². The van der Waals surface area contributed by atoms with Gasteiger partial charge in [-0.15, -0.1) is 0 Å². The van der Waals surface area contributed by atoms with Crippen LogP contribution in [0.5, 0.6) is 0 Å². The number of aromatic nitrogens is 3. The van der Waals surface area contributed by atoms with E-state index in [2.05, 4.69) is 11.9 Å². The number of pyridine rings is 1. The van der Waals surface area contributed by atoms with E-state index in [1.807, 2.05) is 37.3 Å². The van der Waals surface area contributed by atoms with Crippen LogP contribution in [0.1, 0.15) is 68.1 Å². The molecule has 1 aliphatic carbocycles. The highest BCUT2D eigenvalue weighted by Gasteiger charge is 2.38. The SMILES string of the molecule is CCCCc1nc2cccc(C)c2c(=O)n1Cc1ccc(C2(OC=O)CCCC2)nc1. The molecule has 0 spiro atoms. The number of carbonyl (C=O) groups excluding carboxylic acids is 1. The first-order chi connectivity index (χ1) is 15.1. The van der Waals surface area contributed by atoms with Crippen LogP contribution >= 0.6 is 0 Å². The predicted octanol–water partition coefficient (Wildman–Crippen LogP) is 4.43. The second kappa shape index (κ2) is 9.00. The molecular weight excluding hydrogens is 390 g/mol. The lowest BCUT2D eigenvalue weighted by atomic mass is 9.96. The number of hydrogen-bond acceptors (Lipinski definition) is 5. The van der Waals surface area contributed by atoms with Gasteiger partial charge in [0, 0.05) is 12.6 Å². The molecule has 4 rings (SSSR count). The van der Waals surface area contributed by atoms with E-state index in [0.29, 0.717) is 18.4 Å². The first-order valence-electron chi connectivity index (χ1n) is 11.1. The molecule has 1 fully saturated rings. The second-order valence-corrected chi connectivity index (χ2v) is 8.46. The van der Waals surface area contributed by atoms with Crippen LogP contribution in [-0.4, -0.2) is 21.0 Å². The number of fused-ring (bicyclic) bond motifs is 1. The summed E-state index contributed by atoms with van der Waals surface area (Å²) < 4.78 is 7.26. The zero-order valence-electron chi connectivity index (χ0n) is 18.3. The van der Waals surface area contributed by atoms with Gasteiger partial charge in [0.25, 0.3) is 12.0 Å². The van der Waals surface area contributed by atoms with Gasteiger partial charge in [0.1, 0.15) is 5.82 Å².